The highest BCUT2D eigenvalue weighted by molar-refractivity contribution is 5.35. The van der Waals surface area contributed by atoms with E-state index in [1.165, 1.54) is 6.92 Å². The molecule has 0 aliphatic rings. The number of hydrogen-bond acceptors (Lipinski definition) is 2. The van der Waals surface area contributed by atoms with Gasteiger partial charge in [0.2, 0.25) is 0 Å². The lowest BCUT2D eigenvalue weighted by molar-refractivity contribution is -0.137. The minimum Gasteiger partial charge on any atom is -0.384 e. The van der Waals surface area contributed by atoms with E-state index in [4.69, 9.17) is 5.73 Å². The van der Waals surface area contributed by atoms with Crippen LogP contribution in [0, 0.1) is 6.92 Å². The minimum absolute atomic E-state index is 0.109. The molecule has 2 N–H and O–H groups in total. The van der Waals surface area contributed by atoms with Crippen LogP contribution in [0.25, 0.3) is 0 Å². The van der Waals surface area contributed by atoms with Gasteiger partial charge in [0.25, 0.3) is 0 Å². The zero-order valence-corrected chi connectivity index (χ0v) is 6.31. The van der Waals surface area contributed by atoms with Crippen LogP contribution in [0.2, 0.25) is 0 Å². The first-order chi connectivity index (χ1) is 5.39. The number of nitrogens with zero attached hydrogens (tertiary/aromatic N) is 1. The minimum atomic E-state index is -4.35. The largest absolute Gasteiger partial charge is 0.416 e. The molecule has 0 fully saturated rings. The van der Waals surface area contributed by atoms with Crippen LogP contribution in [0.5, 0.6) is 0 Å². The fourth-order valence-electron chi connectivity index (χ4n) is 0.858. The SMILES string of the molecule is Cc1cc(C(F)(F)F)cc(N)n1. The van der Waals surface area contributed by atoms with Crippen LogP contribution in [0.4, 0.5) is 19.0 Å². The Morgan fingerprint density at radius 3 is 2.33 bits per heavy atom. The smallest absolute Gasteiger partial charge is 0.384 e. The summed E-state index contributed by atoms with van der Waals surface area (Å²) >= 11 is 0. The molecule has 0 saturated heterocycles. The van der Waals surface area contributed by atoms with Crippen molar-refractivity contribution in [2.45, 2.75) is 13.1 Å². The van der Waals surface area contributed by atoms with Gasteiger partial charge in [-0.15, -0.1) is 0 Å². The van der Waals surface area contributed by atoms with Crippen LogP contribution < -0.4 is 5.73 Å². The molecular formula is C7H7F3N2. The molecule has 0 aromatic carbocycles. The van der Waals surface area contributed by atoms with Crippen LogP contribution in [-0.2, 0) is 6.18 Å². The summed E-state index contributed by atoms with van der Waals surface area (Å²) in [5.41, 5.74) is 4.65. The average Bonchev–Trinajstić information content (AvgIpc) is 1.82. The van der Waals surface area contributed by atoms with Crippen molar-refractivity contribution in [1.29, 1.82) is 0 Å². The molecule has 1 rings (SSSR count). The van der Waals surface area contributed by atoms with E-state index < -0.39 is 11.7 Å². The molecule has 66 valence electrons. The Balaban J connectivity index is 3.18. The third-order valence-corrected chi connectivity index (χ3v) is 1.30. The van der Waals surface area contributed by atoms with Gasteiger partial charge in [-0.05, 0) is 19.1 Å². The van der Waals surface area contributed by atoms with E-state index in [-0.39, 0.29) is 11.5 Å². The second kappa shape index (κ2) is 2.66. The summed E-state index contributed by atoms with van der Waals surface area (Å²) in [7, 11) is 0. The summed E-state index contributed by atoms with van der Waals surface area (Å²) in [5, 5.41) is 0. The summed E-state index contributed by atoms with van der Waals surface area (Å²) < 4.78 is 36.2. The predicted molar refractivity (Wildman–Crippen MR) is 38.4 cm³/mol. The fraction of sp³-hybridized carbons (Fsp3) is 0.286. The van der Waals surface area contributed by atoms with Crippen LogP contribution in [-0.4, -0.2) is 4.98 Å². The van der Waals surface area contributed by atoms with Crippen LogP contribution in [0.3, 0.4) is 0 Å². The highest BCUT2D eigenvalue weighted by Crippen LogP contribution is 2.30. The number of pyridine rings is 1. The number of rotatable bonds is 0. The van der Waals surface area contributed by atoms with E-state index in [9.17, 15) is 13.2 Å². The molecule has 1 aromatic heterocycles. The van der Waals surface area contributed by atoms with Gasteiger partial charge in [-0.1, -0.05) is 0 Å². The van der Waals surface area contributed by atoms with Crippen LogP contribution in [0.15, 0.2) is 12.1 Å². The zero-order valence-electron chi connectivity index (χ0n) is 6.31. The lowest BCUT2D eigenvalue weighted by Gasteiger charge is -2.07. The fourth-order valence-corrected chi connectivity index (χ4v) is 0.858. The van der Waals surface area contributed by atoms with Crippen molar-refractivity contribution in [2.24, 2.45) is 0 Å². The highest BCUT2D eigenvalue weighted by Gasteiger charge is 2.30. The van der Waals surface area contributed by atoms with Gasteiger partial charge in [-0.25, -0.2) is 4.98 Å². The summed E-state index contributed by atoms with van der Waals surface area (Å²) in [6, 6.07) is 1.77. The first-order valence-corrected chi connectivity index (χ1v) is 3.21. The van der Waals surface area contributed by atoms with Gasteiger partial charge in [-0.3, -0.25) is 0 Å². The number of nitrogens with two attached hydrogens (primary N) is 1. The quantitative estimate of drug-likeness (QED) is 0.656. The normalized spacial score (nSPS) is 11.7. The Hall–Kier alpha value is -1.26. The number of aryl methyl sites for hydroxylation is 1. The van der Waals surface area contributed by atoms with Crippen molar-refractivity contribution in [2.75, 3.05) is 5.73 Å². The summed E-state index contributed by atoms with van der Waals surface area (Å²) in [4.78, 5) is 3.63. The molecular weight excluding hydrogens is 169 g/mol. The molecule has 0 spiro atoms. The van der Waals surface area contributed by atoms with Crippen LogP contribution in [0.1, 0.15) is 11.3 Å². The molecule has 0 bridgehead atoms. The molecule has 0 aliphatic carbocycles. The Labute approximate surface area is 67.2 Å². The van der Waals surface area contributed by atoms with Crippen LogP contribution >= 0.6 is 0 Å². The van der Waals surface area contributed by atoms with Crippen molar-refractivity contribution in [3.05, 3.63) is 23.4 Å². The molecule has 0 atom stereocenters. The lowest BCUT2D eigenvalue weighted by Crippen LogP contribution is -2.07. The molecule has 2 nitrogen and oxygen atoms in total. The summed E-state index contributed by atoms with van der Waals surface area (Å²) in [6.45, 7) is 1.46. The van der Waals surface area contributed by atoms with E-state index in [0.29, 0.717) is 0 Å². The molecule has 12 heavy (non-hydrogen) atoms. The predicted octanol–water partition coefficient (Wildman–Crippen LogP) is 1.99. The van der Waals surface area contributed by atoms with Crippen molar-refractivity contribution < 1.29 is 13.2 Å². The van der Waals surface area contributed by atoms with Gasteiger partial charge >= 0.3 is 6.18 Å². The monoisotopic (exact) mass is 176 g/mol. The second-order valence-corrected chi connectivity index (χ2v) is 2.42. The molecule has 0 unspecified atom stereocenters. The van der Waals surface area contributed by atoms with Gasteiger partial charge in [-0.2, -0.15) is 13.2 Å². The number of alkyl halides is 3. The highest BCUT2D eigenvalue weighted by atomic mass is 19.4. The van der Waals surface area contributed by atoms with E-state index in [1.54, 1.807) is 0 Å². The first kappa shape index (κ1) is 8.83. The zero-order chi connectivity index (χ0) is 9.35. The molecule has 0 amide bonds. The van der Waals surface area contributed by atoms with E-state index in [0.717, 1.165) is 12.1 Å². The van der Waals surface area contributed by atoms with Crippen molar-refractivity contribution >= 4 is 5.82 Å². The van der Waals surface area contributed by atoms with Gasteiger partial charge < -0.3 is 5.73 Å². The van der Waals surface area contributed by atoms with Gasteiger partial charge in [0.15, 0.2) is 0 Å². The van der Waals surface area contributed by atoms with E-state index >= 15 is 0 Å². The van der Waals surface area contributed by atoms with E-state index in [2.05, 4.69) is 4.98 Å². The Bertz CT molecular complexity index is 273. The topological polar surface area (TPSA) is 38.9 Å². The van der Waals surface area contributed by atoms with Gasteiger partial charge in [0, 0.05) is 5.69 Å². The lowest BCUT2D eigenvalue weighted by atomic mass is 10.2. The van der Waals surface area contributed by atoms with Crippen molar-refractivity contribution in [1.82, 2.24) is 4.98 Å². The molecule has 0 saturated carbocycles. The first-order valence-electron chi connectivity index (χ1n) is 3.21. The maximum absolute atomic E-state index is 12.1. The summed E-state index contributed by atoms with van der Waals surface area (Å²) in [6.07, 6.45) is -4.35. The Morgan fingerprint density at radius 2 is 1.92 bits per heavy atom. The maximum atomic E-state index is 12.1. The van der Waals surface area contributed by atoms with Crippen molar-refractivity contribution in [3.63, 3.8) is 0 Å². The van der Waals surface area contributed by atoms with Crippen molar-refractivity contribution in [3.8, 4) is 0 Å². The molecule has 1 aromatic rings. The van der Waals surface area contributed by atoms with Gasteiger partial charge in [0.05, 0.1) is 5.56 Å². The second-order valence-electron chi connectivity index (χ2n) is 2.42. The molecule has 1 heterocycles. The number of hydrogen-bond donors (Lipinski definition) is 1. The third-order valence-electron chi connectivity index (χ3n) is 1.30. The molecule has 0 aliphatic heterocycles. The summed E-state index contributed by atoms with van der Waals surface area (Å²) in [5.74, 6) is -0.109. The Morgan fingerprint density at radius 1 is 1.33 bits per heavy atom. The number of nitrogen functional groups attached to an aromatic ring is 1. The number of aromatic nitrogens is 1. The number of halogens is 3. The molecule has 5 heteroatoms. The standard InChI is InChI=1S/C7H7F3N2/c1-4-2-5(7(8,9)10)3-6(11)12-4/h2-3H,1H3,(H2,11,12). The Kier molecular flexibility index (Phi) is 1.95. The van der Waals surface area contributed by atoms with Gasteiger partial charge in [0.1, 0.15) is 5.82 Å². The molecule has 0 radical (unpaired) electrons. The third kappa shape index (κ3) is 1.87. The van der Waals surface area contributed by atoms with E-state index in [1.807, 2.05) is 0 Å². The maximum Gasteiger partial charge on any atom is 0.416 e. The number of anilines is 1. The average molecular weight is 176 g/mol.